The van der Waals surface area contributed by atoms with Crippen LogP contribution in [0.25, 0.3) is 0 Å². The number of nitrogens with zero attached hydrogens (tertiary/aromatic N) is 2. The lowest BCUT2D eigenvalue weighted by Gasteiger charge is -2.09. The van der Waals surface area contributed by atoms with Crippen LogP contribution >= 0.6 is 0 Å². The van der Waals surface area contributed by atoms with Gasteiger partial charge in [-0.05, 0) is 25.1 Å². The summed E-state index contributed by atoms with van der Waals surface area (Å²) in [6.45, 7) is 1.47. The van der Waals surface area contributed by atoms with Crippen molar-refractivity contribution in [3.8, 4) is 6.07 Å². The summed E-state index contributed by atoms with van der Waals surface area (Å²) in [7, 11) is 0. The maximum absolute atomic E-state index is 13.6. The largest absolute Gasteiger partial charge is 0.322 e. The minimum absolute atomic E-state index is 0.0552. The molecule has 0 aliphatic rings. The van der Waals surface area contributed by atoms with Crippen molar-refractivity contribution in [2.75, 3.05) is 5.32 Å². The lowest BCUT2D eigenvalue weighted by molar-refractivity contribution is 0.102. The van der Waals surface area contributed by atoms with Crippen LogP contribution in [0.5, 0.6) is 0 Å². The summed E-state index contributed by atoms with van der Waals surface area (Å²) in [5, 5.41) is 11.2. The molecule has 0 radical (unpaired) electrons. The first-order valence-corrected chi connectivity index (χ1v) is 5.64. The summed E-state index contributed by atoms with van der Waals surface area (Å²) in [5.41, 5.74) is 0.514. The van der Waals surface area contributed by atoms with Gasteiger partial charge in [0.15, 0.2) is 0 Å². The number of nitrogens with one attached hydrogen (secondary N) is 1. The zero-order chi connectivity index (χ0) is 14.7. The number of pyridine rings is 1. The summed E-state index contributed by atoms with van der Waals surface area (Å²) in [5.74, 6) is -1.99. The van der Waals surface area contributed by atoms with Gasteiger partial charge >= 0.3 is 0 Å². The SMILES string of the molecule is Cc1c(F)cc(C#N)cc1NC(=O)c1ccnc(F)c1. The molecule has 4 nitrogen and oxygen atoms in total. The van der Waals surface area contributed by atoms with Gasteiger partial charge in [-0.3, -0.25) is 4.79 Å². The van der Waals surface area contributed by atoms with E-state index < -0.39 is 17.7 Å². The molecule has 0 unspecified atom stereocenters. The lowest BCUT2D eigenvalue weighted by atomic mass is 10.1. The molecule has 20 heavy (non-hydrogen) atoms. The predicted octanol–water partition coefficient (Wildman–Crippen LogP) is 2.79. The fourth-order valence-corrected chi connectivity index (χ4v) is 1.61. The van der Waals surface area contributed by atoms with E-state index in [1.807, 2.05) is 0 Å². The van der Waals surface area contributed by atoms with Gasteiger partial charge in [0, 0.05) is 29.1 Å². The first-order chi connectivity index (χ1) is 9.51. The van der Waals surface area contributed by atoms with E-state index in [1.165, 1.54) is 19.1 Å². The van der Waals surface area contributed by atoms with E-state index in [4.69, 9.17) is 5.26 Å². The maximum atomic E-state index is 13.6. The zero-order valence-electron chi connectivity index (χ0n) is 10.4. The van der Waals surface area contributed by atoms with Crippen LogP contribution in [0.1, 0.15) is 21.5 Å². The van der Waals surface area contributed by atoms with E-state index in [0.717, 1.165) is 18.3 Å². The third-order valence-corrected chi connectivity index (χ3v) is 2.71. The number of benzene rings is 1. The van der Waals surface area contributed by atoms with Crippen molar-refractivity contribution >= 4 is 11.6 Å². The highest BCUT2D eigenvalue weighted by Gasteiger charge is 2.12. The zero-order valence-corrected chi connectivity index (χ0v) is 10.4. The topological polar surface area (TPSA) is 65.8 Å². The van der Waals surface area contributed by atoms with E-state index in [-0.39, 0.29) is 22.4 Å². The molecule has 1 aromatic heterocycles. The Morgan fingerprint density at radius 1 is 1.35 bits per heavy atom. The van der Waals surface area contributed by atoms with Crippen LogP contribution < -0.4 is 5.32 Å². The van der Waals surface area contributed by atoms with Crippen LogP contribution in [-0.2, 0) is 0 Å². The third-order valence-electron chi connectivity index (χ3n) is 2.71. The van der Waals surface area contributed by atoms with Crippen LogP contribution in [0.15, 0.2) is 30.5 Å². The molecule has 1 N–H and O–H groups in total. The molecule has 0 aliphatic heterocycles. The molecule has 1 amide bonds. The Morgan fingerprint density at radius 2 is 2.10 bits per heavy atom. The number of halogens is 2. The molecule has 0 saturated heterocycles. The number of carbonyl (C=O) groups excluding carboxylic acids is 1. The fraction of sp³-hybridized carbons (Fsp3) is 0.0714. The fourth-order valence-electron chi connectivity index (χ4n) is 1.61. The Kier molecular flexibility index (Phi) is 3.71. The first kappa shape index (κ1) is 13.6. The van der Waals surface area contributed by atoms with Crippen molar-refractivity contribution in [3.63, 3.8) is 0 Å². The molecular formula is C14H9F2N3O. The number of nitriles is 1. The third kappa shape index (κ3) is 2.78. The smallest absolute Gasteiger partial charge is 0.255 e. The number of rotatable bonds is 2. The van der Waals surface area contributed by atoms with Crippen molar-refractivity contribution < 1.29 is 13.6 Å². The summed E-state index contributed by atoms with van der Waals surface area (Å²) >= 11 is 0. The van der Waals surface area contributed by atoms with Gasteiger partial charge in [0.25, 0.3) is 5.91 Å². The van der Waals surface area contributed by atoms with Crippen LogP contribution in [-0.4, -0.2) is 10.9 Å². The molecule has 1 heterocycles. The number of amides is 1. The van der Waals surface area contributed by atoms with E-state index in [2.05, 4.69) is 10.3 Å². The Hall–Kier alpha value is -2.81. The van der Waals surface area contributed by atoms with E-state index in [1.54, 1.807) is 6.07 Å². The van der Waals surface area contributed by atoms with Crippen molar-refractivity contribution in [2.24, 2.45) is 0 Å². The van der Waals surface area contributed by atoms with Crippen molar-refractivity contribution in [3.05, 3.63) is 58.9 Å². The average molecular weight is 273 g/mol. The van der Waals surface area contributed by atoms with E-state index in [0.29, 0.717) is 0 Å². The maximum Gasteiger partial charge on any atom is 0.255 e. The highest BCUT2D eigenvalue weighted by atomic mass is 19.1. The van der Waals surface area contributed by atoms with Gasteiger partial charge in [0.2, 0.25) is 5.95 Å². The first-order valence-electron chi connectivity index (χ1n) is 5.64. The number of hydrogen-bond donors (Lipinski definition) is 1. The summed E-state index contributed by atoms with van der Waals surface area (Å²) in [6.07, 6.45) is 1.16. The number of carbonyl (C=O) groups is 1. The highest BCUT2D eigenvalue weighted by molar-refractivity contribution is 6.04. The van der Waals surface area contributed by atoms with Crippen LogP contribution in [0.3, 0.4) is 0 Å². The standard InChI is InChI=1S/C14H9F2N3O/c1-8-11(15)4-9(7-17)5-12(8)19-14(20)10-2-3-18-13(16)6-10/h2-6H,1H3,(H,19,20). The van der Waals surface area contributed by atoms with Gasteiger partial charge < -0.3 is 5.32 Å². The molecule has 1 aromatic carbocycles. The minimum atomic E-state index is -0.786. The predicted molar refractivity (Wildman–Crippen MR) is 68.0 cm³/mol. The van der Waals surface area contributed by atoms with E-state index in [9.17, 15) is 13.6 Å². The Labute approximate surface area is 113 Å². The van der Waals surface area contributed by atoms with Crippen LogP contribution in [0.2, 0.25) is 0 Å². The molecule has 0 spiro atoms. The van der Waals surface area contributed by atoms with Gasteiger partial charge in [0.05, 0.1) is 11.6 Å². The molecule has 2 rings (SSSR count). The average Bonchev–Trinajstić information content (AvgIpc) is 2.43. The van der Waals surface area contributed by atoms with Crippen LogP contribution in [0, 0.1) is 30.0 Å². The van der Waals surface area contributed by atoms with Gasteiger partial charge in [-0.25, -0.2) is 9.37 Å². The molecule has 0 fully saturated rings. The van der Waals surface area contributed by atoms with Crippen molar-refractivity contribution in [1.29, 1.82) is 5.26 Å². The molecule has 0 aliphatic carbocycles. The lowest BCUT2D eigenvalue weighted by Crippen LogP contribution is -2.14. The summed E-state index contributed by atoms with van der Waals surface area (Å²) in [4.78, 5) is 15.3. The van der Waals surface area contributed by atoms with Crippen molar-refractivity contribution in [2.45, 2.75) is 6.92 Å². The van der Waals surface area contributed by atoms with E-state index >= 15 is 0 Å². The second-order valence-electron chi connectivity index (χ2n) is 4.06. The minimum Gasteiger partial charge on any atom is -0.322 e. The van der Waals surface area contributed by atoms with Crippen LogP contribution in [0.4, 0.5) is 14.5 Å². The monoisotopic (exact) mass is 273 g/mol. The van der Waals surface area contributed by atoms with Gasteiger partial charge in [-0.15, -0.1) is 0 Å². The van der Waals surface area contributed by atoms with Crippen molar-refractivity contribution in [1.82, 2.24) is 4.98 Å². The summed E-state index contributed by atoms with van der Waals surface area (Å²) < 4.78 is 26.5. The number of aromatic nitrogens is 1. The molecule has 2 aromatic rings. The number of hydrogen-bond acceptors (Lipinski definition) is 3. The second kappa shape index (κ2) is 5.45. The quantitative estimate of drug-likeness (QED) is 0.855. The molecular weight excluding hydrogens is 264 g/mol. The Morgan fingerprint density at radius 3 is 2.75 bits per heavy atom. The molecule has 0 bridgehead atoms. The van der Waals surface area contributed by atoms with Gasteiger partial charge in [0.1, 0.15) is 5.82 Å². The normalized spacial score (nSPS) is 9.90. The Balaban J connectivity index is 2.33. The van der Waals surface area contributed by atoms with Gasteiger partial charge in [-0.2, -0.15) is 9.65 Å². The molecule has 100 valence electrons. The summed E-state index contributed by atoms with van der Waals surface area (Å²) in [6, 6.07) is 6.53. The number of anilines is 1. The second-order valence-corrected chi connectivity index (χ2v) is 4.06. The van der Waals surface area contributed by atoms with Gasteiger partial charge in [-0.1, -0.05) is 0 Å². The highest BCUT2D eigenvalue weighted by Crippen LogP contribution is 2.21. The molecule has 0 atom stereocenters. The Bertz CT molecular complexity index is 723. The molecule has 6 heteroatoms. The molecule has 0 saturated carbocycles.